The number of benzene rings is 3. The molecule has 3 saturated heterocycles. The zero-order chi connectivity index (χ0) is 96.5. The van der Waals surface area contributed by atoms with Crippen molar-refractivity contribution in [1.29, 1.82) is 5.41 Å². The van der Waals surface area contributed by atoms with Crippen molar-refractivity contribution in [1.82, 2.24) is 97.9 Å². The molecule has 6 heterocycles. The number of aliphatic hydroxyl groups is 1. The van der Waals surface area contributed by atoms with E-state index in [-0.39, 0.29) is 95.4 Å². The molecule has 3 aliphatic rings. The zero-order valence-corrected chi connectivity index (χ0v) is 76.8. The van der Waals surface area contributed by atoms with Gasteiger partial charge in [0.15, 0.2) is 5.96 Å². The normalized spacial score (nSPS) is 25.1. The number of thioether (sulfide) groups is 1. The van der Waals surface area contributed by atoms with Crippen molar-refractivity contribution in [2.75, 3.05) is 58.8 Å². The van der Waals surface area contributed by atoms with Crippen LogP contribution in [0.1, 0.15) is 128 Å². The fourth-order valence-electron chi connectivity index (χ4n) is 16.0. The van der Waals surface area contributed by atoms with E-state index < -0.39 is 228 Å². The molecule has 9 rings (SSSR count). The Bertz CT molecular complexity index is 5170. The molecule has 0 saturated carbocycles. The lowest BCUT2D eigenvalue weighted by atomic mass is 10.0. The van der Waals surface area contributed by atoms with Crippen molar-refractivity contribution in [3.8, 4) is 5.75 Å². The smallest absolute Gasteiger partial charge is 0.246 e. The van der Waals surface area contributed by atoms with Gasteiger partial charge >= 0.3 is 0 Å². The molecule has 42 nitrogen and oxygen atoms in total. The highest BCUT2D eigenvalue weighted by Crippen LogP contribution is 2.30. The molecule has 6 aromatic rings. The van der Waals surface area contributed by atoms with Gasteiger partial charge in [0.25, 0.3) is 0 Å². The third-order valence-corrected chi connectivity index (χ3v) is 25.5. The molecule has 22 N–H and O–H groups in total. The number of hydrogen-bond donors (Lipinski definition) is 19. The summed E-state index contributed by atoms with van der Waals surface area (Å²) < 4.78 is 0.841. The van der Waals surface area contributed by atoms with Crippen LogP contribution in [0.2, 0.25) is 0 Å². The average molecular weight is 1870 g/mol. The number of aromatic amines is 2. The number of phenols is 1. The van der Waals surface area contributed by atoms with E-state index in [1.54, 1.807) is 50.4 Å². The first-order chi connectivity index (χ1) is 62.7. The number of aromatic hydroxyl groups is 1. The minimum atomic E-state index is -1.77. The quantitative estimate of drug-likeness (QED) is 0.0192. The van der Waals surface area contributed by atoms with Crippen molar-refractivity contribution >= 4 is 150 Å². The lowest BCUT2D eigenvalue weighted by Crippen LogP contribution is -2.61. The average Bonchev–Trinajstić information content (AvgIpc) is 1.65. The summed E-state index contributed by atoms with van der Waals surface area (Å²) in [7, 11) is 3.87. The molecule has 0 aliphatic carbocycles. The number of unbranched alkanes of at least 4 members (excludes halogenated alkanes) is 1. The summed E-state index contributed by atoms with van der Waals surface area (Å²) in [5.41, 5.74) is 19.3. The topological polar surface area (TPSA) is 626 Å². The third kappa shape index (κ3) is 28.1. The number of amides is 17. The van der Waals surface area contributed by atoms with E-state index in [2.05, 4.69) is 73.4 Å². The second-order valence-corrected chi connectivity index (χ2v) is 35.8. The molecule has 0 spiro atoms. The summed E-state index contributed by atoms with van der Waals surface area (Å²) in [6.45, 7) is 8.12. The number of imidazole rings is 1. The van der Waals surface area contributed by atoms with Crippen molar-refractivity contribution in [2.24, 2.45) is 23.1 Å². The lowest BCUT2D eigenvalue weighted by molar-refractivity contribution is -0.148. The molecular formula is C88H121N23O19S2. The fraction of sp³-hybridized carbons (Fsp3) is 0.511. The largest absolute Gasteiger partial charge is 0.508 e. The van der Waals surface area contributed by atoms with Crippen molar-refractivity contribution in [3.63, 3.8) is 0 Å². The van der Waals surface area contributed by atoms with Crippen LogP contribution < -0.4 is 75.7 Å². The Morgan fingerprint density at radius 2 is 1.19 bits per heavy atom. The Kier molecular flexibility index (Phi) is 37.3. The maximum Gasteiger partial charge on any atom is 0.246 e. The summed E-state index contributed by atoms with van der Waals surface area (Å²) >= 11 is 2.14. The Balaban J connectivity index is 1.08. The Morgan fingerprint density at radius 1 is 0.583 bits per heavy atom. The van der Waals surface area contributed by atoms with E-state index in [0.29, 0.717) is 46.1 Å². The first-order valence-corrected chi connectivity index (χ1v) is 45.8. The van der Waals surface area contributed by atoms with E-state index >= 15 is 33.6 Å². The van der Waals surface area contributed by atoms with Gasteiger partial charge in [0.2, 0.25) is 100 Å². The Labute approximate surface area is 770 Å². The second-order valence-electron chi connectivity index (χ2n) is 33.9. The Hall–Kier alpha value is -13.3. The number of aromatic nitrogens is 3. The number of carbonyl (C=O) groups is 17. The molecule has 0 radical (unpaired) electrons. The number of para-hydroxylation sites is 1. The summed E-state index contributed by atoms with van der Waals surface area (Å²) in [4.78, 5) is 264. The van der Waals surface area contributed by atoms with E-state index in [0.717, 1.165) is 46.3 Å². The SMILES string of the molecule is CCCC[C@H]1C(=O)N[C@@H](CCCNC(=N)N)C(=O)NC(C(=O)NCC(N)=O)CSCC(=O)N[C@@H](Cc2ccc(O)cc2)C(=O)N(C)[C@@H](C)C(=O)N[C@@H](CC(N)=O)C(=O)N2CCC[C@H]2C(=O)N[C@@H](Cc2cnc[nH]2)C(=O)N[C@@H](CC(C)C)C(=O)N2C[C@H](O)C[C@H]2C(=O)N[C@@H](Cc2c[nH]c3ccccc23)C(=O)N[C@@H](C)C(=O)N[C@@H](Cc2csc3ccccc23)C(=O)N(C)[C@@H](C)C(=O)N1C. The number of likely N-dealkylation sites (N-methyl/N-ethyl adjacent to an activating group) is 3. The van der Waals surface area contributed by atoms with Gasteiger partial charge in [-0.2, -0.15) is 0 Å². The van der Waals surface area contributed by atoms with Gasteiger partial charge in [0.1, 0.15) is 90.3 Å². The van der Waals surface area contributed by atoms with Gasteiger partial charge in [-0.3, -0.25) is 86.9 Å². The van der Waals surface area contributed by atoms with Crippen LogP contribution >= 0.6 is 23.1 Å². The fourth-order valence-corrected chi connectivity index (χ4v) is 17.8. The molecule has 132 heavy (non-hydrogen) atoms. The number of primary amides is 2. The number of nitrogens with two attached hydrogens (primary N) is 3. The second kappa shape index (κ2) is 48.1. The van der Waals surface area contributed by atoms with Crippen LogP contribution in [0.5, 0.6) is 5.75 Å². The van der Waals surface area contributed by atoms with Crippen LogP contribution in [0, 0.1) is 11.3 Å². The Morgan fingerprint density at radius 3 is 1.86 bits per heavy atom. The van der Waals surface area contributed by atoms with E-state index in [4.69, 9.17) is 22.6 Å². The first-order valence-electron chi connectivity index (χ1n) is 43.8. The maximum atomic E-state index is 15.4. The first kappa shape index (κ1) is 102. The maximum absolute atomic E-state index is 15.4. The van der Waals surface area contributed by atoms with Gasteiger partial charge in [0, 0.05) is 112 Å². The number of nitrogens with one attached hydrogen (secondary N) is 14. The molecule has 714 valence electrons. The molecule has 3 fully saturated rings. The molecule has 3 aromatic heterocycles. The third-order valence-electron chi connectivity index (χ3n) is 23.5. The number of nitrogens with zero attached hydrogens (tertiary/aromatic N) is 6. The summed E-state index contributed by atoms with van der Waals surface area (Å²) in [6, 6.07) is -1.06. The van der Waals surface area contributed by atoms with Gasteiger partial charge in [-0.25, -0.2) is 4.98 Å². The lowest BCUT2D eigenvalue weighted by Gasteiger charge is -2.35. The highest BCUT2D eigenvalue weighted by atomic mass is 32.2. The number of H-pyrrole nitrogens is 2. The molecule has 44 heteroatoms. The number of aliphatic hydroxyl groups excluding tert-OH is 1. The minimum Gasteiger partial charge on any atom is -0.508 e. The highest BCUT2D eigenvalue weighted by Gasteiger charge is 2.46. The minimum absolute atomic E-state index is 0.00209. The van der Waals surface area contributed by atoms with Crippen molar-refractivity contribution in [2.45, 2.75) is 222 Å². The molecule has 0 bridgehead atoms. The number of thiophene rings is 1. The van der Waals surface area contributed by atoms with Gasteiger partial charge in [0.05, 0.1) is 31.1 Å². The predicted molar refractivity (Wildman–Crippen MR) is 488 cm³/mol. The summed E-state index contributed by atoms with van der Waals surface area (Å²) in [5.74, 6) is -17.4. The monoisotopic (exact) mass is 1870 g/mol. The van der Waals surface area contributed by atoms with E-state index in [9.17, 15) is 58.2 Å². The molecule has 17 amide bonds. The van der Waals surface area contributed by atoms with Crippen LogP contribution in [0.15, 0.2) is 96.9 Å². The number of rotatable bonds is 22. The van der Waals surface area contributed by atoms with Crippen LogP contribution in [0.4, 0.5) is 0 Å². The number of carbonyl (C=O) groups excluding carboxylic acids is 17. The zero-order valence-electron chi connectivity index (χ0n) is 75.2. The van der Waals surface area contributed by atoms with Gasteiger partial charge in [-0.1, -0.05) is 82.1 Å². The van der Waals surface area contributed by atoms with Crippen molar-refractivity contribution in [3.05, 3.63) is 119 Å². The summed E-state index contributed by atoms with van der Waals surface area (Å²) in [6.07, 6.45) is 1.70. The molecule has 1 unspecified atom stereocenters. The molecular weight excluding hydrogens is 1750 g/mol. The summed E-state index contributed by atoms with van der Waals surface area (Å²) in [5, 5.41) is 61.9. The molecule has 3 aliphatic heterocycles. The predicted octanol–water partition coefficient (Wildman–Crippen LogP) is -2.34. The highest BCUT2D eigenvalue weighted by molar-refractivity contribution is 8.00. The van der Waals surface area contributed by atoms with Crippen LogP contribution in [-0.4, -0.2) is 306 Å². The number of guanidine groups is 1. The van der Waals surface area contributed by atoms with Gasteiger partial charge in [-0.15, -0.1) is 23.1 Å². The van der Waals surface area contributed by atoms with Crippen LogP contribution in [0.3, 0.4) is 0 Å². The van der Waals surface area contributed by atoms with E-state index in [1.807, 2.05) is 30.5 Å². The standard InChI is InChI=1S/C88H121N23O19S2/c1-10-11-22-67-80(123)100-59(21-16-29-94-88(91)92)77(120)106-66(76(119)96-40-72(90)115)43-131-44-73(116)99-63(32-50-25-27-54(112)28-26-50)84(127)107(7)48(5)75(118)104-65(37-71(89)114)86(129)110-30-17-23-68(110)81(124)102-61(35-53-39-93-45-97-53)79(122)105-62(31-46(2)3)87(130)111-41-55(113)36-69(111)82(125)101-60(33-51-38-95-58-20-14-12-18-56(51)58)78(121)98-47(4)74(117)103-64(85(128)108(8)49(6)83(126)109(67)9)34-52-42-132-70-24-15-13-19-57(52)70/h12-15,18-20,24-28,38-39,42,45-49,55,59-69,95,112-113H,10-11,16-17,21-23,29-37,40-41,43-44H2,1-9H3,(H2,89,114)(H2,90,115)(H,93,97)(H,96,119)(H,98,121)(H,99,116)(H,100,123)(H,101,125)(H,102,124)(H,103,117)(H,104,118)(H,105,122)(H,106,120)(H4,91,92,94)/t47-,48-,49-,55+,59-,60-,61-,62-,63-,64-,65-,66?,67-,68-,69-/m0/s1. The number of hydrogen-bond acceptors (Lipinski definition) is 23. The van der Waals surface area contributed by atoms with Gasteiger partial charge in [-0.05, 0) is 117 Å². The van der Waals surface area contributed by atoms with Crippen LogP contribution in [-0.2, 0) is 107 Å². The van der Waals surface area contributed by atoms with Gasteiger partial charge < -0.3 is 120 Å². The van der Waals surface area contributed by atoms with Crippen molar-refractivity contribution < 1.29 is 91.7 Å². The van der Waals surface area contributed by atoms with Crippen LogP contribution in [0.25, 0.3) is 21.0 Å². The number of phenolic OH excluding ortho intramolecular Hbond substituents is 1. The molecule has 3 aromatic carbocycles. The number of fused-ring (bicyclic) bond motifs is 4. The molecule has 15 atom stereocenters. The van der Waals surface area contributed by atoms with E-state index in [1.165, 1.54) is 90.0 Å².